The normalized spacial score (nSPS) is 16.2. The molecule has 21 heavy (non-hydrogen) atoms. The van der Waals surface area contributed by atoms with Gasteiger partial charge < -0.3 is 9.47 Å². The van der Waals surface area contributed by atoms with Crippen molar-refractivity contribution >= 4 is 40.3 Å². The molecule has 0 atom stereocenters. The average Bonchev–Trinajstić information content (AvgIpc) is 2.73. The lowest BCUT2D eigenvalue weighted by Crippen LogP contribution is -2.22. The zero-order valence-electron chi connectivity index (χ0n) is 11.5. The lowest BCUT2D eigenvalue weighted by molar-refractivity contribution is -0.121. The molecule has 5 nitrogen and oxygen atoms in total. The maximum Gasteiger partial charge on any atom is 0.265 e. The third-order valence-corrected chi connectivity index (χ3v) is 4.25. The number of rotatable bonds is 4. The van der Waals surface area contributed by atoms with Crippen LogP contribution in [0.3, 0.4) is 0 Å². The quantitative estimate of drug-likeness (QED) is 0.627. The van der Waals surface area contributed by atoms with E-state index in [4.69, 9.17) is 27.0 Å². The van der Waals surface area contributed by atoms with Crippen molar-refractivity contribution in [2.45, 2.75) is 0 Å². The molecule has 1 heterocycles. The fraction of sp³-hybridized carbons (Fsp3) is 0.214. The summed E-state index contributed by atoms with van der Waals surface area (Å²) in [5.41, 5.74) is 0.796. The van der Waals surface area contributed by atoms with E-state index in [0.717, 1.165) is 5.56 Å². The van der Waals surface area contributed by atoms with E-state index < -0.39 is 0 Å². The monoisotopic (exact) mass is 320 g/mol. The van der Waals surface area contributed by atoms with E-state index in [1.165, 1.54) is 23.8 Å². The topological polar surface area (TPSA) is 62.6 Å². The van der Waals surface area contributed by atoms with Crippen LogP contribution in [-0.4, -0.2) is 35.9 Å². The number of thiocarbonyl (C=S) groups is 1. The van der Waals surface area contributed by atoms with Gasteiger partial charge in [-0.25, -0.2) is 0 Å². The number of carbonyl (C=O) groups excluding carboxylic acids is 1. The number of methoxy groups -OCH3 is 1. The summed E-state index contributed by atoms with van der Waals surface area (Å²) in [6, 6.07) is 7.14. The second-order valence-electron chi connectivity index (χ2n) is 4.10. The van der Waals surface area contributed by atoms with Crippen molar-refractivity contribution in [2.75, 3.05) is 20.8 Å². The van der Waals surface area contributed by atoms with Gasteiger partial charge in [0.15, 0.2) is 18.1 Å². The third-order valence-electron chi connectivity index (χ3n) is 2.76. The van der Waals surface area contributed by atoms with E-state index in [2.05, 4.69) is 0 Å². The summed E-state index contributed by atoms with van der Waals surface area (Å²) in [5, 5.41) is 8.53. The zero-order chi connectivity index (χ0) is 15.4. The molecule has 1 aromatic rings. The first-order valence-corrected chi connectivity index (χ1v) is 7.18. The molecule has 108 valence electrons. The standard InChI is InChI=1S/C14H12N2O3S2/c1-16-13(17)12(21-14(16)20)8-9-3-4-10(19-6-5-15)11(7-9)18-2/h3-4,7-8H,6H2,1-2H3/b12-8+. The Labute approximate surface area is 132 Å². The van der Waals surface area contributed by atoms with Gasteiger partial charge in [0.05, 0.1) is 12.0 Å². The number of benzene rings is 1. The summed E-state index contributed by atoms with van der Waals surface area (Å²) in [5.74, 6) is 0.874. The van der Waals surface area contributed by atoms with Crippen molar-refractivity contribution in [3.8, 4) is 17.6 Å². The molecule has 0 saturated carbocycles. The van der Waals surface area contributed by atoms with Gasteiger partial charge in [-0.05, 0) is 23.8 Å². The molecule has 0 bridgehead atoms. The Bertz CT molecular complexity index is 665. The van der Waals surface area contributed by atoms with E-state index >= 15 is 0 Å². The lowest BCUT2D eigenvalue weighted by atomic mass is 10.2. The van der Waals surface area contributed by atoms with Crippen molar-refractivity contribution < 1.29 is 14.3 Å². The molecule has 0 radical (unpaired) electrons. The summed E-state index contributed by atoms with van der Waals surface area (Å²) in [7, 11) is 3.17. The van der Waals surface area contributed by atoms with Gasteiger partial charge in [0.1, 0.15) is 10.4 Å². The summed E-state index contributed by atoms with van der Waals surface area (Å²) in [6.07, 6.45) is 1.75. The second kappa shape index (κ2) is 6.61. The van der Waals surface area contributed by atoms with Crippen molar-refractivity contribution in [3.63, 3.8) is 0 Å². The maximum absolute atomic E-state index is 11.9. The fourth-order valence-electron chi connectivity index (χ4n) is 1.70. The number of carbonyl (C=O) groups is 1. The minimum absolute atomic E-state index is 0.0514. The van der Waals surface area contributed by atoms with Crippen LogP contribution in [0.25, 0.3) is 6.08 Å². The molecule has 1 aliphatic rings. The molecule has 0 aliphatic carbocycles. The summed E-state index contributed by atoms with van der Waals surface area (Å²) >= 11 is 6.34. The van der Waals surface area contributed by atoms with Crippen molar-refractivity contribution in [2.24, 2.45) is 0 Å². The van der Waals surface area contributed by atoms with Crippen LogP contribution < -0.4 is 9.47 Å². The predicted molar refractivity (Wildman–Crippen MR) is 85.0 cm³/mol. The van der Waals surface area contributed by atoms with Gasteiger partial charge in [-0.15, -0.1) is 0 Å². The van der Waals surface area contributed by atoms with Crippen LogP contribution >= 0.6 is 24.0 Å². The molecule has 1 amide bonds. The van der Waals surface area contributed by atoms with Crippen LogP contribution in [0.2, 0.25) is 0 Å². The summed E-state index contributed by atoms with van der Waals surface area (Å²) < 4.78 is 11.0. The van der Waals surface area contributed by atoms with E-state index in [1.54, 1.807) is 31.3 Å². The number of nitrogens with zero attached hydrogens (tertiary/aromatic N) is 2. The molecule has 1 aromatic carbocycles. The summed E-state index contributed by atoms with van der Waals surface area (Å²) in [6.45, 7) is -0.0514. The van der Waals surface area contributed by atoms with Crippen LogP contribution in [0.15, 0.2) is 23.1 Å². The van der Waals surface area contributed by atoms with Gasteiger partial charge in [-0.2, -0.15) is 5.26 Å². The summed E-state index contributed by atoms with van der Waals surface area (Å²) in [4.78, 5) is 13.9. The highest BCUT2D eigenvalue weighted by molar-refractivity contribution is 8.26. The molecule has 0 aromatic heterocycles. The minimum Gasteiger partial charge on any atom is -0.493 e. The number of thioether (sulfide) groups is 1. The minimum atomic E-state index is -0.117. The first-order valence-electron chi connectivity index (χ1n) is 5.96. The zero-order valence-corrected chi connectivity index (χ0v) is 13.1. The van der Waals surface area contributed by atoms with Crippen molar-refractivity contribution in [3.05, 3.63) is 28.7 Å². The van der Waals surface area contributed by atoms with E-state index in [1.807, 2.05) is 6.07 Å². The van der Waals surface area contributed by atoms with E-state index in [-0.39, 0.29) is 12.5 Å². The van der Waals surface area contributed by atoms with Gasteiger partial charge in [0.2, 0.25) is 0 Å². The molecule has 7 heteroatoms. The molecule has 1 fully saturated rings. The molecular formula is C14H12N2O3S2. The van der Waals surface area contributed by atoms with Gasteiger partial charge in [-0.3, -0.25) is 9.69 Å². The van der Waals surface area contributed by atoms with Crippen LogP contribution in [0.5, 0.6) is 11.5 Å². The number of amides is 1. The Kier molecular flexibility index (Phi) is 4.83. The SMILES string of the molecule is COc1cc(/C=C2/SC(=S)N(C)C2=O)ccc1OCC#N. The highest BCUT2D eigenvalue weighted by Gasteiger charge is 2.28. The fourth-order valence-corrected chi connectivity index (χ4v) is 2.88. The van der Waals surface area contributed by atoms with Gasteiger partial charge in [0, 0.05) is 7.05 Å². The lowest BCUT2D eigenvalue weighted by Gasteiger charge is -2.09. The van der Waals surface area contributed by atoms with Gasteiger partial charge >= 0.3 is 0 Å². The predicted octanol–water partition coefficient (Wildman–Crippen LogP) is 2.43. The molecule has 2 rings (SSSR count). The van der Waals surface area contributed by atoms with E-state index in [9.17, 15) is 4.79 Å². The van der Waals surface area contributed by atoms with Crippen LogP contribution in [0.1, 0.15) is 5.56 Å². The number of hydrogen-bond donors (Lipinski definition) is 0. The molecule has 0 N–H and O–H groups in total. The average molecular weight is 320 g/mol. The number of ether oxygens (including phenoxy) is 2. The Balaban J connectivity index is 2.28. The Morgan fingerprint density at radius 1 is 1.48 bits per heavy atom. The Hall–Kier alpha value is -2.04. The first-order chi connectivity index (χ1) is 10.1. The molecule has 1 aliphatic heterocycles. The van der Waals surface area contributed by atoms with E-state index in [0.29, 0.717) is 20.7 Å². The van der Waals surface area contributed by atoms with Crippen LogP contribution in [-0.2, 0) is 4.79 Å². The molecular weight excluding hydrogens is 308 g/mol. The van der Waals surface area contributed by atoms with Gasteiger partial charge in [0.25, 0.3) is 5.91 Å². The highest BCUT2D eigenvalue weighted by atomic mass is 32.2. The largest absolute Gasteiger partial charge is 0.493 e. The smallest absolute Gasteiger partial charge is 0.265 e. The second-order valence-corrected chi connectivity index (χ2v) is 5.77. The Morgan fingerprint density at radius 3 is 2.81 bits per heavy atom. The number of hydrogen-bond acceptors (Lipinski definition) is 6. The molecule has 0 unspecified atom stereocenters. The highest BCUT2D eigenvalue weighted by Crippen LogP contribution is 2.33. The molecule has 0 spiro atoms. The number of nitriles is 1. The third kappa shape index (κ3) is 3.35. The van der Waals surface area contributed by atoms with Crippen LogP contribution in [0.4, 0.5) is 0 Å². The van der Waals surface area contributed by atoms with Crippen LogP contribution in [0, 0.1) is 11.3 Å². The number of likely N-dealkylation sites (N-methyl/N-ethyl adjacent to an activating group) is 1. The first kappa shape index (κ1) is 15.4. The molecule has 1 saturated heterocycles. The van der Waals surface area contributed by atoms with Crippen molar-refractivity contribution in [1.29, 1.82) is 5.26 Å². The van der Waals surface area contributed by atoms with Gasteiger partial charge in [-0.1, -0.05) is 30.0 Å². The maximum atomic E-state index is 11.9. The van der Waals surface area contributed by atoms with Crippen molar-refractivity contribution in [1.82, 2.24) is 4.90 Å². The Morgan fingerprint density at radius 2 is 2.24 bits per heavy atom.